The lowest BCUT2D eigenvalue weighted by atomic mass is 10.2. The summed E-state index contributed by atoms with van der Waals surface area (Å²) < 4.78 is 40.9. The molecule has 208 valence electrons. The van der Waals surface area contributed by atoms with E-state index in [1.54, 1.807) is 55.7 Å². The Morgan fingerprint density at radius 1 is 1.12 bits per heavy atom. The van der Waals surface area contributed by atoms with Gasteiger partial charge in [-0.15, -0.1) is 0 Å². The molecular formula is C26H26N6O7S. The van der Waals surface area contributed by atoms with E-state index in [4.69, 9.17) is 9.47 Å². The molecule has 4 aromatic rings. The van der Waals surface area contributed by atoms with Gasteiger partial charge in [0.25, 0.3) is 11.6 Å². The number of ether oxygens (including phenoxy) is 2. The molecule has 1 amide bonds. The molecule has 0 unspecified atom stereocenters. The molecule has 0 spiro atoms. The summed E-state index contributed by atoms with van der Waals surface area (Å²) in [5.41, 5.74) is 1.25. The van der Waals surface area contributed by atoms with Crippen molar-refractivity contribution in [1.29, 1.82) is 0 Å². The van der Waals surface area contributed by atoms with Gasteiger partial charge in [0.1, 0.15) is 10.6 Å². The molecule has 0 bridgehead atoms. The maximum absolute atomic E-state index is 13.1. The highest BCUT2D eigenvalue weighted by molar-refractivity contribution is 7.89. The van der Waals surface area contributed by atoms with E-state index in [0.29, 0.717) is 11.3 Å². The van der Waals surface area contributed by atoms with Crippen molar-refractivity contribution in [1.82, 2.24) is 24.8 Å². The van der Waals surface area contributed by atoms with Crippen molar-refractivity contribution in [2.24, 2.45) is 0 Å². The van der Waals surface area contributed by atoms with E-state index in [2.05, 4.69) is 20.1 Å². The molecule has 2 heterocycles. The molecule has 0 radical (unpaired) electrons. The van der Waals surface area contributed by atoms with Gasteiger partial charge in [-0.1, -0.05) is 24.3 Å². The maximum Gasteiger partial charge on any atom is 0.272 e. The van der Waals surface area contributed by atoms with Gasteiger partial charge in [0, 0.05) is 50.3 Å². The number of hydrogen-bond acceptors (Lipinski definition) is 9. The number of pyridine rings is 1. The van der Waals surface area contributed by atoms with E-state index in [9.17, 15) is 23.3 Å². The Balaban J connectivity index is 1.76. The molecule has 4 rings (SSSR count). The second kappa shape index (κ2) is 12.5. The van der Waals surface area contributed by atoms with Crippen LogP contribution in [0, 0.1) is 17.0 Å². The van der Waals surface area contributed by atoms with Crippen molar-refractivity contribution >= 4 is 21.6 Å². The van der Waals surface area contributed by atoms with Crippen LogP contribution in [0.3, 0.4) is 0 Å². The van der Waals surface area contributed by atoms with Gasteiger partial charge in [-0.3, -0.25) is 19.9 Å². The highest BCUT2D eigenvalue weighted by atomic mass is 32.2. The molecule has 2 aromatic carbocycles. The first-order valence-corrected chi connectivity index (χ1v) is 13.5. The number of methoxy groups -OCH3 is 1. The molecule has 14 heteroatoms. The molecule has 2 N–H and O–H groups in total. The highest BCUT2D eigenvalue weighted by Gasteiger charge is 2.27. The molecule has 0 saturated carbocycles. The number of sulfonamides is 1. The van der Waals surface area contributed by atoms with Crippen LogP contribution in [0.1, 0.15) is 21.6 Å². The number of hydrogen-bond donors (Lipinski definition) is 2. The number of non-ortho nitro benzene ring substituents is 1. The Morgan fingerprint density at radius 3 is 2.58 bits per heavy atom. The third-order valence-electron chi connectivity index (χ3n) is 5.69. The predicted octanol–water partition coefficient (Wildman–Crippen LogP) is 3.13. The molecule has 0 aliphatic rings. The van der Waals surface area contributed by atoms with Crippen LogP contribution in [-0.2, 0) is 21.3 Å². The fourth-order valence-corrected chi connectivity index (χ4v) is 4.85. The van der Waals surface area contributed by atoms with Gasteiger partial charge in [-0.05, 0) is 36.8 Å². The number of benzene rings is 2. The van der Waals surface area contributed by atoms with Crippen LogP contribution in [0.2, 0.25) is 0 Å². The highest BCUT2D eigenvalue weighted by Crippen LogP contribution is 2.35. The first-order chi connectivity index (χ1) is 19.2. The Labute approximate surface area is 230 Å². The zero-order valence-corrected chi connectivity index (χ0v) is 22.4. The number of carbonyl (C=O) groups is 1. The Hall–Kier alpha value is -4.66. The Morgan fingerprint density at radius 2 is 1.90 bits per heavy atom. The first-order valence-electron chi connectivity index (χ1n) is 12.0. The number of nitrogens with zero attached hydrogens (tertiary/aromatic N) is 4. The third-order valence-corrected chi connectivity index (χ3v) is 7.17. The second-order valence-electron chi connectivity index (χ2n) is 8.45. The second-order valence-corrected chi connectivity index (χ2v) is 10.2. The van der Waals surface area contributed by atoms with Crippen LogP contribution < -0.4 is 14.8 Å². The van der Waals surface area contributed by atoms with Crippen LogP contribution in [0.15, 0.2) is 78.0 Å². The quantitative estimate of drug-likeness (QED) is 0.149. The van der Waals surface area contributed by atoms with Gasteiger partial charge in [0.2, 0.25) is 15.9 Å². The number of nitro benzene ring substituents is 1. The van der Waals surface area contributed by atoms with E-state index in [1.165, 1.54) is 17.9 Å². The number of nitrogens with one attached hydrogen (secondary N) is 2. The SMILES string of the molecule is COCCNS(=O)(=O)c1cc([N+](=O)[O-])ccc1Oc1c(C)c(C(=O)NCc2cccnc2)nn1-c1ccccc1. The van der Waals surface area contributed by atoms with Crippen molar-refractivity contribution in [3.05, 3.63) is 100.0 Å². The monoisotopic (exact) mass is 566 g/mol. The summed E-state index contributed by atoms with van der Waals surface area (Å²) in [4.78, 5) is 27.4. The van der Waals surface area contributed by atoms with E-state index in [0.717, 1.165) is 17.7 Å². The lowest BCUT2D eigenvalue weighted by Gasteiger charge is -2.14. The van der Waals surface area contributed by atoms with E-state index >= 15 is 0 Å². The number of para-hydroxylation sites is 1. The topological polar surface area (TPSA) is 168 Å². The van der Waals surface area contributed by atoms with Crippen LogP contribution in [0.25, 0.3) is 5.69 Å². The van der Waals surface area contributed by atoms with Crippen LogP contribution in [0.4, 0.5) is 5.69 Å². The molecule has 0 fully saturated rings. The van der Waals surface area contributed by atoms with Gasteiger partial charge < -0.3 is 14.8 Å². The van der Waals surface area contributed by atoms with Gasteiger partial charge in [0.05, 0.1) is 17.2 Å². The minimum Gasteiger partial charge on any atom is -0.437 e. The predicted molar refractivity (Wildman–Crippen MR) is 144 cm³/mol. The van der Waals surface area contributed by atoms with Gasteiger partial charge >= 0.3 is 0 Å². The fourth-order valence-electron chi connectivity index (χ4n) is 3.69. The molecule has 13 nitrogen and oxygen atoms in total. The summed E-state index contributed by atoms with van der Waals surface area (Å²) in [7, 11) is -2.84. The Kier molecular flexibility index (Phi) is 8.83. The summed E-state index contributed by atoms with van der Waals surface area (Å²) in [5.74, 6) is -0.628. The van der Waals surface area contributed by atoms with Crippen molar-refractivity contribution in [2.75, 3.05) is 20.3 Å². The van der Waals surface area contributed by atoms with Crippen LogP contribution in [-0.4, -0.2) is 54.3 Å². The largest absolute Gasteiger partial charge is 0.437 e. The normalized spacial score (nSPS) is 11.2. The van der Waals surface area contributed by atoms with Crippen LogP contribution in [0.5, 0.6) is 11.6 Å². The summed E-state index contributed by atoms with van der Waals surface area (Å²) in [6.45, 7) is 1.83. The lowest BCUT2D eigenvalue weighted by Crippen LogP contribution is -2.27. The van der Waals surface area contributed by atoms with Gasteiger partial charge in [0.15, 0.2) is 5.69 Å². The molecule has 2 aromatic heterocycles. The number of aromatic nitrogens is 3. The molecular weight excluding hydrogens is 540 g/mol. The maximum atomic E-state index is 13.1. The molecule has 40 heavy (non-hydrogen) atoms. The average molecular weight is 567 g/mol. The average Bonchev–Trinajstić information content (AvgIpc) is 3.28. The molecule has 0 saturated heterocycles. The number of nitro groups is 1. The summed E-state index contributed by atoms with van der Waals surface area (Å²) in [5, 5.41) is 18.7. The standard InChI is InChI=1S/C26H26N6O7S/c1-18-24(25(33)28-17-19-7-6-12-27-16-19)30-31(20-8-4-3-5-9-20)26(18)39-22-11-10-21(32(34)35)15-23(22)40(36,37)29-13-14-38-2/h3-12,15-16,29H,13-14,17H2,1-2H3,(H,28,33). The summed E-state index contributed by atoms with van der Waals surface area (Å²) in [6, 6.07) is 15.6. The van der Waals surface area contributed by atoms with E-state index < -0.39 is 31.4 Å². The summed E-state index contributed by atoms with van der Waals surface area (Å²) >= 11 is 0. The molecule has 0 atom stereocenters. The van der Waals surface area contributed by atoms with E-state index in [-0.39, 0.29) is 37.0 Å². The van der Waals surface area contributed by atoms with Gasteiger partial charge in [-0.25, -0.2) is 13.1 Å². The molecule has 0 aliphatic heterocycles. The number of carbonyl (C=O) groups excluding carboxylic acids is 1. The zero-order valence-electron chi connectivity index (χ0n) is 21.6. The third kappa shape index (κ3) is 6.48. The van der Waals surface area contributed by atoms with Crippen molar-refractivity contribution in [3.8, 4) is 17.3 Å². The number of rotatable bonds is 12. The minimum atomic E-state index is -4.25. The molecule has 0 aliphatic carbocycles. The Bertz CT molecular complexity index is 1610. The van der Waals surface area contributed by atoms with E-state index in [1.807, 2.05) is 6.07 Å². The number of amides is 1. The van der Waals surface area contributed by atoms with Crippen molar-refractivity contribution < 1.29 is 27.6 Å². The lowest BCUT2D eigenvalue weighted by molar-refractivity contribution is -0.385. The summed E-state index contributed by atoms with van der Waals surface area (Å²) in [6.07, 6.45) is 3.25. The minimum absolute atomic E-state index is 0.0484. The van der Waals surface area contributed by atoms with Crippen molar-refractivity contribution in [2.45, 2.75) is 18.4 Å². The van der Waals surface area contributed by atoms with Crippen molar-refractivity contribution in [3.63, 3.8) is 0 Å². The fraction of sp³-hybridized carbons (Fsp3) is 0.192. The van der Waals surface area contributed by atoms with Gasteiger partial charge in [-0.2, -0.15) is 9.78 Å². The van der Waals surface area contributed by atoms with Crippen LogP contribution >= 0.6 is 0 Å². The smallest absolute Gasteiger partial charge is 0.272 e. The first kappa shape index (κ1) is 28.4. The zero-order chi connectivity index (χ0) is 28.7.